The lowest BCUT2D eigenvalue weighted by molar-refractivity contribution is 0.0217. The van der Waals surface area contributed by atoms with Crippen molar-refractivity contribution in [1.29, 1.82) is 0 Å². The minimum absolute atomic E-state index is 0.163. The van der Waals surface area contributed by atoms with E-state index in [1.165, 1.54) is 0 Å². The number of aromatic nitrogens is 2. The molecule has 1 unspecified atom stereocenters. The van der Waals surface area contributed by atoms with E-state index in [1.807, 2.05) is 6.92 Å². The van der Waals surface area contributed by atoms with Gasteiger partial charge in [-0.2, -0.15) is 4.98 Å². The average Bonchev–Trinajstić information content (AvgIpc) is 2.92. The predicted molar refractivity (Wildman–Crippen MR) is 78.7 cm³/mol. The molecule has 1 aromatic carbocycles. The zero-order valence-electron chi connectivity index (χ0n) is 12.6. The highest BCUT2D eigenvalue weighted by Gasteiger charge is 2.22. The van der Waals surface area contributed by atoms with Crippen LogP contribution < -0.4 is 10.5 Å². The third-order valence-electron chi connectivity index (χ3n) is 2.93. The summed E-state index contributed by atoms with van der Waals surface area (Å²) in [5.74, 6) is 1.96. The van der Waals surface area contributed by atoms with Gasteiger partial charge in [-0.1, -0.05) is 19.0 Å². The third kappa shape index (κ3) is 4.19. The number of nitrogens with zero attached hydrogens (tertiary/aromatic N) is 2. The minimum Gasteiger partial charge on any atom is -0.484 e. The van der Waals surface area contributed by atoms with Crippen LogP contribution in [0.2, 0.25) is 0 Å². The van der Waals surface area contributed by atoms with Crippen LogP contribution in [0.3, 0.4) is 0 Å². The smallest absolute Gasteiger partial charge is 0.264 e. The van der Waals surface area contributed by atoms with Crippen LogP contribution in [-0.2, 0) is 11.3 Å². The summed E-state index contributed by atoms with van der Waals surface area (Å²) in [6.45, 7) is 6.88. The second kappa shape index (κ2) is 7.08. The van der Waals surface area contributed by atoms with E-state index in [0.29, 0.717) is 29.8 Å². The van der Waals surface area contributed by atoms with Gasteiger partial charge in [-0.15, -0.1) is 0 Å². The largest absolute Gasteiger partial charge is 0.484 e. The molecule has 0 amide bonds. The molecule has 0 aliphatic carbocycles. The van der Waals surface area contributed by atoms with Crippen molar-refractivity contribution in [1.82, 2.24) is 10.1 Å². The molecule has 1 heterocycles. The Kier molecular flexibility index (Phi) is 5.16. The van der Waals surface area contributed by atoms with Crippen LogP contribution in [0.4, 0.5) is 5.69 Å². The molecule has 0 bridgehead atoms. The first-order chi connectivity index (χ1) is 10.1. The Balaban J connectivity index is 1.97. The monoisotopic (exact) mass is 291 g/mol. The van der Waals surface area contributed by atoms with Crippen molar-refractivity contribution in [3.63, 3.8) is 0 Å². The normalized spacial score (nSPS) is 12.6. The zero-order chi connectivity index (χ0) is 15.2. The summed E-state index contributed by atoms with van der Waals surface area (Å²) in [4.78, 5) is 4.33. The summed E-state index contributed by atoms with van der Waals surface area (Å²) in [5.41, 5.74) is 6.31. The summed E-state index contributed by atoms with van der Waals surface area (Å²) in [5, 5.41) is 3.97. The van der Waals surface area contributed by atoms with E-state index >= 15 is 0 Å². The fourth-order valence-corrected chi connectivity index (χ4v) is 1.90. The Morgan fingerprint density at radius 3 is 2.57 bits per heavy atom. The number of anilines is 1. The number of nitrogen functional groups attached to an aromatic ring is 1. The van der Waals surface area contributed by atoms with E-state index in [0.717, 1.165) is 0 Å². The second-order valence-electron chi connectivity index (χ2n) is 5.02. The molecule has 0 saturated carbocycles. The predicted octanol–water partition coefficient (Wildman–Crippen LogP) is 2.96. The summed E-state index contributed by atoms with van der Waals surface area (Å²) in [6.07, 6.45) is -0.163. The molecule has 0 radical (unpaired) electrons. The lowest BCUT2D eigenvalue weighted by Crippen LogP contribution is -2.13. The fraction of sp³-hybridized carbons (Fsp3) is 0.467. The first kappa shape index (κ1) is 15.3. The molecule has 6 nitrogen and oxygen atoms in total. The summed E-state index contributed by atoms with van der Waals surface area (Å²) >= 11 is 0. The Morgan fingerprint density at radius 2 is 1.95 bits per heavy atom. The van der Waals surface area contributed by atoms with Gasteiger partial charge in [-0.25, -0.2) is 0 Å². The molecule has 0 spiro atoms. The quantitative estimate of drug-likeness (QED) is 0.790. The van der Waals surface area contributed by atoms with Crippen molar-refractivity contribution in [3.05, 3.63) is 36.0 Å². The lowest BCUT2D eigenvalue weighted by atomic mass is 10.1. The first-order valence-corrected chi connectivity index (χ1v) is 7.02. The maximum atomic E-state index is 5.64. The zero-order valence-corrected chi connectivity index (χ0v) is 12.6. The molecule has 0 aliphatic heterocycles. The standard InChI is InChI=1S/C15H21N3O3/c1-4-19-14(10(2)3)15-17-13(21-18-15)9-20-12-7-5-11(16)6-8-12/h5-8,10,14H,4,9,16H2,1-3H3. The molecule has 6 heteroatoms. The number of rotatable bonds is 7. The summed E-state index contributed by atoms with van der Waals surface area (Å²) in [7, 11) is 0. The minimum atomic E-state index is -0.163. The topological polar surface area (TPSA) is 83.4 Å². The van der Waals surface area contributed by atoms with Crippen molar-refractivity contribution in [2.24, 2.45) is 5.92 Å². The van der Waals surface area contributed by atoms with Crippen LogP contribution in [-0.4, -0.2) is 16.7 Å². The molecule has 21 heavy (non-hydrogen) atoms. The molecule has 2 aromatic rings. The Bertz CT molecular complexity index is 552. The van der Waals surface area contributed by atoms with Crippen LogP contribution in [0.25, 0.3) is 0 Å². The molecule has 1 atom stereocenters. The first-order valence-electron chi connectivity index (χ1n) is 7.02. The molecular weight excluding hydrogens is 270 g/mol. The van der Waals surface area contributed by atoms with E-state index in [4.69, 9.17) is 19.7 Å². The van der Waals surface area contributed by atoms with Gasteiger partial charge in [0.1, 0.15) is 11.9 Å². The van der Waals surface area contributed by atoms with E-state index < -0.39 is 0 Å². The number of hydrogen-bond acceptors (Lipinski definition) is 6. The van der Waals surface area contributed by atoms with Crippen LogP contribution in [0.5, 0.6) is 5.75 Å². The third-order valence-corrected chi connectivity index (χ3v) is 2.93. The van der Waals surface area contributed by atoms with Gasteiger partial charge in [0.05, 0.1) is 0 Å². The maximum Gasteiger partial charge on any atom is 0.264 e. The van der Waals surface area contributed by atoms with Crippen molar-refractivity contribution >= 4 is 5.69 Å². The van der Waals surface area contributed by atoms with E-state index in [-0.39, 0.29) is 18.6 Å². The maximum absolute atomic E-state index is 5.64. The Hall–Kier alpha value is -2.08. The summed E-state index contributed by atoms with van der Waals surface area (Å²) < 4.78 is 16.4. The van der Waals surface area contributed by atoms with Crippen LogP contribution >= 0.6 is 0 Å². The highest BCUT2D eigenvalue weighted by atomic mass is 16.5. The average molecular weight is 291 g/mol. The van der Waals surface area contributed by atoms with Crippen molar-refractivity contribution < 1.29 is 14.0 Å². The van der Waals surface area contributed by atoms with Gasteiger partial charge < -0.3 is 19.7 Å². The Morgan fingerprint density at radius 1 is 1.24 bits per heavy atom. The summed E-state index contributed by atoms with van der Waals surface area (Å²) in [6, 6.07) is 7.14. The fourth-order valence-electron chi connectivity index (χ4n) is 1.90. The molecular formula is C15H21N3O3. The van der Waals surface area contributed by atoms with Gasteiger partial charge >= 0.3 is 0 Å². The van der Waals surface area contributed by atoms with Gasteiger partial charge in [0.25, 0.3) is 5.89 Å². The van der Waals surface area contributed by atoms with Gasteiger partial charge in [0.15, 0.2) is 6.61 Å². The van der Waals surface area contributed by atoms with Crippen LogP contribution in [0, 0.1) is 5.92 Å². The SMILES string of the molecule is CCOC(c1noc(COc2ccc(N)cc2)n1)C(C)C. The second-order valence-corrected chi connectivity index (χ2v) is 5.02. The Labute approximate surface area is 124 Å². The van der Waals surface area contributed by atoms with E-state index in [9.17, 15) is 0 Å². The molecule has 114 valence electrons. The van der Waals surface area contributed by atoms with Crippen LogP contribution in [0.1, 0.15) is 38.6 Å². The highest BCUT2D eigenvalue weighted by molar-refractivity contribution is 5.41. The molecule has 2 N–H and O–H groups in total. The lowest BCUT2D eigenvalue weighted by Gasteiger charge is -2.16. The number of hydrogen-bond donors (Lipinski definition) is 1. The van der Waals surface area contributed by atoms with Gasteiger partial charge in [-0.3, -0.25) is 0 Å². The molecule has 0 aliphatic rings. The molecule has 1 aromatic heterocycles. The molecule has 0 saturated heterocycles. The van der Waals surface area contributed by atoms with Crippen molar-refractivity contribution in [2.45, 2.75) is 33.5 Å². The van der Waals surface area contributed by atoms with Gasteiger partial charge in [0, 0.05) is 12.3 Å². The number of benzene rings is 1. The number of ether oxygens (including phenoxy) is 2. The molecule has 2 rings (SSSR count). The van der Waals surface area contributed by atoms with Crippen molar-refractivity contribution in [3.8, 4) is 5.75 Å². The molecule has 0 fully saturated rings. The van der Waals surface area contributed by atoms with Gasteiger partial charge in [0.2, 0.25) is 5.82 Å². The van der Waals surface area contributed by atoms with E-state index in [1.54, 1.807) is 24.3 Å². The van der Waals surface area contributed by atoms with Gasteiger partial charge in [-0.05, 0) is 37.1 Å². The number of nitrogens with two attached hydrogens (primary N) is 1. The highest BCUT2D eigenvalue weighted by Crippen LogP contribution is 2.23. The van der Waals surface area contributed by atoms with Crippen molar-refractivity contribution in [2.75, 3.05) is 12.3 Å². The van der Waals surface area contributed by atoms with E-state index in [2.05, 4.69) is 24.0 Å². The van der Waals surface area contributed by atoms with Crippen LogP contribution in [0.15, 0.2) is 28.8 Å².